The molecule has 2 bridgehead atoms. The van der Waals surface area contributed by atoms with Crippen molar-refractivity contribution in [2.24, 2.45) is 11.8 Å². The third-order valence-corrected chi connectivity index (χ3v) is 8.30. The van der Waals surface area contributed by atoms with Gasteiger partial charge in [0.15, 0.2) is 5.60 Å². The molecule has 1 aromatic rings. The van der Waals surface area contributed by atoms with Gasteiger partial charge in [-0.3, -0.25) is 9.59 Å². The van der Waals surface area contributed by atoms with Crippen molar-refractivity contribution < 1.29 is 14.3 Å². The van der Waals surface area contributed by atoms with E-state index in [0.717, 1.165) is 37.8 Å². The smallest absolute Gasteiger partial charge is 0.266 e. The Bertz CT molecular complexity index is 885. The first kappa shape index (κ1) is 21.4. The predicted molar refractivity (Wildman–Crippen MR) is 120 cm³/mol. The molecule has 1 aromatic carbocycles. The molecule has 31 heavy (non-hydrogen) atoms. The minimum Gasteiger partial charge on any atom is -0.478 e. The average Bonchev–Trinajstić information content (AvgIpc) is 3.36. The molecule has 2 amide bonds. The van der Waals surface area contributed by atoms with Gasteiger partial charge < -0.3 is 14.5 Å². The summed E-state index contributed by atoms with van der Waals surface area (Å²) < 4.78 is 5.50. The minimum atomic E-state index is -0.961. The highest BCUT2D eigenvalue weighted by Gasteiger charge is 2.52. The van der Waals surface area contributed by atoms with Crippen LogP contribution in [0.1, 0.15) is 57.4 Å². The second-order valence-electron chi connectivity index (χ2n) is 10.3. The fourth-order valence-electron chi connectivity index (χ4n) is 5.84. The molecule has 5 rings (SSSR count). The monoisotopic (exact) mass is 464 g/mol. The summed E-state index contributed by atoms with van der Waals surface area (Å²) in [6.45, 7) is 5.88. The lowest BCUT2D eigenvalue weighted by Crippen LogP contribution is -2.63. The van der Waals surface area contributed by atoms with Crippen LogP contribution in [0.25, 0.3) is 0 Å². The van der Waals surface area contributed by atoms with Crippen LogP contribution in [-0.4, -0.2) is 57.2 Å². The number of ether oxygens (including phenoxy) is 1. The number of carbonyl (C=O) groups is 2. The Morgan fingerprint density at radius 2 is 1.87 bits per heavy atom. The van der Waals surface area contributed by atoms with E-state index in [9.17, 15) is 9.59 Å². The fourth-order valence-corrected chi connectivity index (χ4v) is 6.40. The highest BCUT2D eigenvalue weighted by atomic mass is 35.5. The third kappa shape index (κ3) is 4.04. The van der Waals surface area contributed by atoms with Crippen LogP contribution in [0.3, 0.4) is 0 Å². The van der Waals surface area contributed by atoms with Crippen molar-refractivity contribution in [3.8, 4) is 5.75 Å². The van der Waals surface area contributed by atoms with Gasteiger partial charge in [0.2, 0.25) is 5.91 Å². The number of likely N-dealkylation sites (tertiary alicyclic amines) is 1. The van der Waals surface area contributed by atoms with Gasteiger partial charge >= 0.3 is 0 Å². The molecule has 4 atom stereocenters. The van der Waals surface area contributed by atoms with E-state index in [4.69, 9.17) is 27.9 Å². The second kappa shape index (κ2) is 7.55. The van der Waals surface area contributed by atoms with Crippen molar-refractivity contribution in [3.63, 3.8) is 0 Å². The number of benzene rings is 1. The van der Waals surface area contributed by atoms with Gasteiger partial charge in [-0.25, -0.2) is 0 Å². The number of nitrogens with zero attached hydrogens (tertiary/aromatic N) is 2. The van der Waals surface area contributed by atoms with Crippen LogP contribution in [0, 0.1) is 11.8 Å². The zero-order chi connectivity index (χ0) is 22.0. The Hall–Kier alpha value is -1.46. The van der Waals surface area contributed by atoms with Crippen LogP contribution in [0.2, 0.25) is 0 Å². The molecule has 7 heteroatoms. The van der Waals surface area contributed by atoms with Gasteiger partial charge in [-0.2, -0.15) is 0 Å². The van der Waals surface area contributed by atoms with E-state index in [1.54, 1.807) is 0 Å². The number of halogens is 2. The standard InChI is InChI=1S/C24H30Cl2N2O3/c1-23(2,31-18-8-6-16(7-9-18)19-11-24(19,25)26)22(30)27-12-15-10-17(14-27)20-4-3-5-21(29)28(20)13-15/h6-9,15,17,19-20H,3-5,10-14H2,1-2H3/t15-,17+,19+,20-/m1/s1. The quantitative estimate of drug-likeness (QED) is 0.621. The average molecular weight is 465 g/mol. The molecule has 1 saturated carbocycles. The summed E-state index contributed by atoms with van der Waals surface area (Å²) in [6.07, 6.45) is 4.58. The molecule has 3 saturated heterocycles. The lowest BCUT2D eigenvalue weighted by Gasteiger charge is -2.53. The number of rotatable bonds is 4. The van der Waals surface area contributed by atoms with Gasteiger partial charge in [0, 0.05) is 38.0 Å². The summed E-state index contributed by atoms with van der Waals surface area (Å²) in [4.78, 5) is 29.9. The van der Waals surface area contributed by atoms with Gasteiger partial charge in [-0.1, -0.05) is 12.1 Å². The Labute approximate surface area is 194 Å². The first-order chi connectivity index (χ1) is 14.6. The van der Waals surface area contributed by atoms with Crippen molar-refractivity contribution in [1.82, 2.24) is 9.80 Å². The maximum Gasteiger partial charge on any atom is 0.266 e. The van der Waals surface area contributed by atoms with E-state index < -0.39 is 9.93 Å². The maximum absolute atomic E-state index is 13.4. The molecule has 0 unspecified atom stereocenters. The SMILES string of the molecule is CC(C)(Oc1ccc([C@@H]2CC2(Cl)Cl)cc1)C(=O)N1C[C@H]2C[C@@H](C1)[C@H]1CCCC(=O)N1C2. The summed E-state index contributed by atoms with van der Waals surface area (Å²) >= 11 is 12.3. The lowest BCUT2D eigenvalue weighted by atomic mass is 9.75. The molecule has 0 radical (unpaired) electrons. The Morgan fingerprint density at radius 3 is 2.55 bits per heavy atom. The van der Waals surface area contributed by atoms with Crippen molar-refractivity contribution in [3.05, 3.63) is 29.8 Å². The van der Waals surface area contributed by atoms with Crippen LogP contribution in [0.5, 0.6) is 5.75 Å². The molecule has 0 spiro atoms. The number of hydrogen-bond acceptors (Lipinski definition) is 3. The zero-order valence-corrected chi connectivity index (χ0v) is 19.7. The van der Waals surface area contributed by atoms with Gasteiger partial charge in [-0.15, -0.1) is 23.2 Å². The van der Waals surface area contributed by atoms with Crippen LogP contribution in [-0.2, 0) is 9.59 Å². The third-order valence-electron chi connectivity index (χ3n) is 7.46. The topological polar surface area (TPSA) is 49.9 Å². The van der Waals surface area contributed by atoms with E-state index in [0.29, 0.717) is 49.0 Å². The lowest BCUT2D eigenvalue weighted by molar-refractivity contribution is -0.156. The highest BCUT2D eigenvalue weighted by Crippen LogP contribution is 2.59. The summed E-state index contributed by atoms with van der Waals surface area (Å²) in [6, 6.07) is 8.04. The first-order valence-corrected chi connectivity index (χ1v) is 12.2. The zero-order valence-electron chi connectivity index (χ0n) is 18.2. The molecule has 1 aliphatic carbocycles. The number of piperidine rings is 3. The number of hydrogen-bond donors (Lipinski definition) is 0. The van der Waals surface area contributed by atoms with Gasteiger partial charge in [0.05, 0.1) is 0 Å². The largest absolute Gasteiger partial charge is 0.478 e. The maximum atomic E-state index is 13.4. The number of carbonyl (C=O) groups excluding carboxylic acids is 2. The molecule has 0 aromatic heterocycles. The molecular formula is C24H30Cl2N2O3. The molecular weight excluding hydrogens is 435 g/mol. The van der Waals surface area contributed by atoms with Crippen LogP contribution >= 0.6 is 23.2 Å². The summed E-state index contributed by atoms with van der Waals surface area (Å²) in [5, 5.41) is 0. The van der Waals surface area contributed by atoms with Crippen molar-refractivity contribution in [2.75, 3.05) is 19.6 Å². The summed E-state index contributed by atoms with van der Waals surface area (Å²) in [5.41, 5.74) is 0.134. The Kier molecular flexibility index (Phi) is 5.21. The first-order valence-electron chi connectivity index (χ1n) is 11.4. The van der Waals surface area contributed by atoms with Crippen molar-refractivity contribution >= 4 is 35.0 Å². The summed E-state index contributed by atoms with van der Waals surface area (Å²) in [7, 11) is 0. The van der Waals surface area contributed by atoms with Gasteiger partial charge in [0.1, 0.15) is 10.1 Å². The van der Waals surface area contributed by atoms with E-state index >= 15 is 0 Å². The van der Waals surface area contributed by atoms with Crippen LogP contribution < -0.4 is 4.74 Å². The molecule has 4 fully saturated rings. The van der Waals surface area contributed by atoms with Gasteiger partial charge in [-0.05, 0) is 69.1 Å². The van der Waals surface area contributed by atoms with E-state index in [2.05, 4.69) is 4.90 Å². The summed E-state index contributed by atoms with van der Waals surface area (Å²) in [5.74, 6) is 1.88. The Balaban J connectivity index is 1.25. The van der Waals surface area contributed by atoms with Crippen LogP contribution in [0.15, 0.2) is 24.3 Å². The van der Waals surface area contributed by atoms with Gasteiger partial charge in [0.25, 0.3) is 5.91 Å². The Morgan fingerprint density at radius 1 is 1.16 bits per heavy atom. The van der Waals surface area contributed by atoms with Crippen LogP contribution in [0.4, 0.5) is 0 Å². The molecule has 0 N–H and O–H groups in total. The molecule has 168 valence electrons. The van der Waals surface area contributed by atoms with E-state index in [1.807, 2.05) is 43.0 Å². The molecule has 5 nitrogen and oxygen atoms in total. The second-order valence-corrected chi connectivity index (χ2v) is 11.8. The highest BCUT2D eigenvalue weighted by molar-refractivity contribution is 6.51. The molecule has 3 aliphatic heterocycles. The van der Waals surface area contributed by atoms with Crippen molar-refractivity contribution in [2.45, 2.75) is 67.8 Å². The van der Waals surface area contributed by atoms with E-state index in [-0.39, 0.29) is 11.8 Å². The number of amides is 2. The molecule has 4 aliphatic rings. The fraction of sp³-hybridized carbons (Fsp3) is 0.667. The predicted octanol–water partition coefficient (Wildman–Crippen LogP) is 4.36. The number of fused-ring (bicyclic) bond motifs is 4. The number of alkyl halides is 2. The van der Waals surface area contributed by atoms with Crippen molar-refractivity contribution in [1.29, 1.82) is 0 Å². The normalized spacial score (nSPS) is 31.8. The minimum absolute atomic E-state index is 0.0181. The van der Waals surface area contributed by atoms with E-state index in [1.165, 1.54) is 0 Å². The molecule has 3 heterocycles.